The molecule has 0 aliphatic carbocycles. The summed E-state index contributed by atoms with van der Waals surface area (Å²) in [7, 11) is 0. The van der Waals surface area contributed by atoms with Crippen molar-refractivity contribution in [3.05, 3.63) is 56.7 Å². The fourth-order valence-corrected chi connectivity index (χ4v) is 6.54. The first-order valence-electron chi connectivity index (χ1n) is 10.9. The molecule has 2 aliphatic heterocycles. The van der Waals surface area contributed by atoms with Crippen LogP contribution in [0, 0.1) is 5.82 Å². The minimum atomic E-state index is -0.231. The van der Waals surface area contributed by atoms with Crippen LogP contribution in [0.2, 0.25) is 0 Å². The smallest absolute Gasteiger partial charge is 0.137 e. The number of likely N-dealkylation sites (tertiary alicyclic amines) is 1. The molecule has 154 valence electrons. The van der Waals surface area contributed by atoms with Gasteiger partial charge in [-0.1, -0.05) is 6.92 Å². The highest BCUT2D eigenvalue weighted by atomic mass is 32.1. The van der Waals surface area contributed by atoms with Crippen molar-refractivity contribution in [2.75, 3.05) is 26.2 Å². The average molecular weight is 413 g/mol. The molecule has 3 aromatic rings. The first-order chi connectivity index (χ1) is 14.2. The minimum absolute atomic E-state index is 0.231. The number of benzene rings is 1. The van der Waals surface area contributed by atoms with Crippen LogP contribution in [0.5, 0.6) is 0 Å². The van der Waals surface area contributed by atoms with Gasteiger partial charge in [-0.2, -0.15) is 0 Å². The molecule has 1 saturated heterocycles. The van der Waals surface area contributed by atoms with Gasteiger partial charge >= 0.3 is 0 Å². The zero-order valence-electron chi connectivity index (χ0n) is 17.1. The van der Waals surface area contributed by atoms with Crippen LogP contribution < -0.4 is 5.32 Å². The monoisotopic (exact) mass is 412 g/mol. The van der Waals surface area contributed by atoms with Crippen molar-refractivity contribution in [2.45, 2.75) is 51.5 Å². The Bertz CT molecular complexity index is 1000. The van der Waals surface area contributed by atoms with E-state index in [9.17, 15) is 4.39 Å². The summed E-state index contributed by atoms with van der Waals surface area (Å²) in [5, 5.41) is 4.60. The van der Waals surface area contributed by atoms with Crippen LogP contribution in [0.25, 0.3) is 11.0 Å². The highest BCUT2D eigenvalue weighted by Crippen LogP contribution is 2.35. The van der Waals surface area contributed by atoms with Crippen molar-refractivity contribution in [2.24, 2.45) is 0 Å². The number of rotatable bonds is 5. The molecular formula is C24H29FN2OS. The van der Waals surface area contributed by atoms with Gasteiger partial charge in [0.2, 0.25) is 0 Å². The Labute approximate surface area is 175 Å². The maximum absolute atomic E-state index is 13.4. The van der Waals surface area contributed by atoms with E-state index in [0.717, 1.165) is 57.4 Å². The molecule has 29 heavy (non-hydrogen) atoms. The lowest BCUT2D eigenvalue weighted by atomic mass is 9.89. The second kappa shape index (κ2) is 8.21. The fourth-order valence-electron chi connectivity index (χ4n) is 5.14. The van der Waals surface area contributed by atoms with E-state index in [1.54, 1.807) is 20.9 Å². The molecule has 0 radical (unpaired) electrons. The average Bonchev–Trinajstić information content (AvgIpc) is 3.33. The molecule has 0 atom stereocenters. The predicted octanol–water partition coefficient (Wildman–Crippen LogP) is 5.26. The molecule has 2 aliphatic rings. The van der Waals surface area contributed by atoms with E-state index >= 15 is 0 Å². The van der Waals surface area contributed by atoms with Crippen molar-refractivity contribution in [3.8, 4) is 0 Å². The Kier molecular flexibility index (Phi) is 5.46. The van der Waals surface area contributed by atoms with E-state index in [-0.39, 0.29) is 5.82 Å². The lowest BCUT2D eigenvalue weighted by Gasteiger charge is -2.31. The van der Waals surface area contributed by atoms with Crippen LogP contribution in [0.15, 0.2) is 28.9 Å². The Balaban J connectivity index is 1.21. The Morgan fingerprint density at radius 2 is 2.14 bits per heavy atom. The number of nitrogens with one attached hydrogen (secondary N) is 1. The molecule has 0 bridgehead atoms. The summed E-state index contributed by atoms with van der Waals surface area (Å²) in [4.78, 5) is 5.81. The standard InChI is InChI=1S/C24H29FN2OS/c1-2-18-20-5-9-26-14-24(20)29-23(18)8-12-27-10-6-16(7-11-27)21-15-28-22-13-17(25)3-4-19(21)22/h3-4,13,15-16,26H,2,5-12,14H2,1H3. The molecule has 0 spiro atoms. The second-order valence-corrected chi connectivity index (χ2v) is 9.57. The first-order valence-corrected chi connectivity index (χ1v) is 11.8. The highest BCUT2D eigenvalue weighted by Gasteiger charge is 2.25. The van der Waals surface area contributed by atoms with Crippen LogP contribution in [0.1, 0.15) is 52.1 Å². The van der Waals surface area contributed by atoms with Crippen molar-refractivity contribution < 1.29 is 8.81 Å². The quantitative estimate of drug-likeness (QED) is 0.619. The van der Waals surface area contributed by atoms with E-state index in [1.807, 2.05) is 23.7 Å². The number of hydrogen-bond acceptors (Lipinski definition) is 4. The molecule has 1 N–H and O–H groups in total. The number of fused-ring (bicyclic) bond motifs is 2. The van der Waals surface area contributed by atoms with Gasteiger partial charge < -0.3 is 14.6 Å². The van der Waals surface area contributed by atoms with E-state index in [2.05, 4.69) is 17.1 Å². The summed E-state index contributed by atoms with van der Waals surface area (Å²) in [6.07, 6.45) is 7.69. The lowest BCUT2D eigenvalue weighted by molar-refractivity contribution is 0.215. The van der Waals surface area contributed by atoms with Crippen LogP contribution in [-0.4, -0.2) is 31.1 Å². The number of hydrogen-bond donors (Lipinski definition) is 1. The molecule has 0 unspecified atom stereocenters. The van der Waals surface area contributed by atoms with Crippen molar-refractivity contribution in [1.29, 1.82) is 0 Å². The fraction of sp³-hybridized carbons (Fsp3) is 0.500. The Morgan fingerprint density at radius 3 is 2.97 bits per heavy atom. The molecule has 1 aromatic carbocycles. The second-order valence-electron chi connectivity index (χ2n) is 8.38. The molecule has 4 heterocycles. The van der Waals surface area contributed by atoms with Gasteiger partial charge in [0.05, 0.1) is 6.26 Å². The van der Waals surface area contributed by atoms with Crippen molar-refractivity contribution in [1.82, 2.24) is 10.2 Å². The third-order valence-electron chi connectivity index (χ3n) is 6.72. The number of thiophene rings is 1. The first kappa shape index (κ1) is 19.3. The van der Waals surface area contributed by atoms with Crippen molar-refractivity contribution in [3.63, 3.8) is 0 Å². The SMILES string of the molecule is CCc1c(CCN2CCC(c3coc4cc(F)ccc34)CC2)sc2c1CCNC2. The Morgan fingerprint density at radius 1 is 1.28 bits per heavy atom. The maximum atomic E-state index is 13.4. The molecule has 5 rings (SSSR count). The summed E-state index contributed by atoms with van der Waals surface area (Å²) in [5.41, 5.74) is 5.21. The minimum Gasteiger partial charge on any atom is -0.464 e. The van der Waals surface area contributed by atoms with Gasteiger partial charge in [-0.3, -0.25) is 0 Å². The van der Waals surface area contributed by atoms with Crippen molar-refractivity contribution >= 4 is 22.3 Å². The van der Waals surface area contributed by atoms with Crippen LogP contribution >= 0.6 is 11.3 Å². The molecule has 0 amide bonds. The third kappa shape index (κ3) is 3.76. The highest BCUT2D eigenvalue weighted by molar-refractivity contribution is 7.12. The summed E-state index contributed by atoms with van der Waals surface area (Å²) in [5.74, 6) is 0.287. The van der Waals surface area contributed by atoms with Gasteiger partial charge in [-0.05, 0) is 80.9 Å². The predicted molar refractivity (Wildman–Crippen MR) is 117 cm³/mol. The summed E-state index contributed by atoms with van der Waals surface area (Å²) in [6, 6.07) is 4.91. The summed E-state index contributed by atoms with van der Waals surface area (Å²) < 4.78 is 19.0. The topological polar surface area (TPSA) is 28.4 Å². The van der Waals surface area contributed by atoms with Gasteiger partial charge in [-0.15, -0.1) is 11.3 Å². The molecule has 2 aromatic heterocycles. The normalized spacial score (nSPS) is 18.4. The Hall–Kier alpha value is -1.69. The number of nitrogens with zero attached hydrogens (tertiary/aromatic N) is 1. The summed E-state index contributed by atoms with van der Waals surface area (Å²) >= 11 is 2.04. The van der Waals surface area contributed by atoms with E-state index in [4.69, 9.17) is 4.42 Å². The molecule has 3 nitrogen and oxygen atoms in total. The van der Waals surface area contributed by atoms with E-state index in [0.29, 0.717) is 11.5 Å². The maximum Gasteiger partial charge on any atom is 0.137 e. The third-order valence-corrected chi connectivity index (χ3v) is 8.06. The summed E-state index contributed by atoms with van der Waals surface area (Å²) in [6.45, 7) is 7.91. The largest absolute Gasteiger partial charge is 0.464 e. The zero-order chi connectivity index (χ0) is 19.8. The van der Waals surface area contributed by atoms with E-state index < -0.39 is 0 Å². The number of halogens is 1. The van der Waals surface area contributed by atoms with Gasteiger partial charge in [0.1, 0.15) is 11.4 Å². The van der Waals surface area contributed by atoms with Gasteiger partial charge in [0, 0.05) is 39.9 Å². The van der Waals surface area contributed by atoms with Crippen LogP contribution in [0.3, 0.4) is 0 Å². The van der Waals surface area contributed by atoms with Gasteiger partial charge in [0.15, 0.2) is 0 Å². The molecular weight excluding hydrogens is 383 g/mol. The lowest BCUT2D eigenvalue weighted by Crippen LogP contribution is -2.34. The van der Waals surface area contributed by atoms with E-state index in [1.165, 1.54) is 30.5 Å². The molecule has 0 saturated carbocycles. The van der Waals surface area contributed by atoms with Crippen LogP contribution in [0.4, 0.5) is 4.39 Å². The number of furan rings is 1. The molecule has 5 heteroatoms. The van der Waals surface area contributed by atoms with Crippen LogP contribution in [-0.2, 0) is 25.8 Å². The number of piperidine rings is 1. The zero-order valence-corrected chi connectivity index (χ0v) is 17.9. The van der Waals surface area contributed by atoms with Gasteiger partial charge in [-0.25, -0.2) is 4.39 Å². The molecule has 1 fully saturated rings. The van der Waals surface area contributed by atoms with Gasteiger partial charge in [0.25, 0.3) is 0 Å².